The molecule has 1 aromatic rings. The van der Waals surface area contributed by atoms with E-state index in [1.807, 2.05) is 0 Å². The Kier molecular flexibility index (Phi) is 3.93. The topological polar surface area (TPSA) is 40.5 Å². The van der Waals surface area contributed by atoms with E-state index in [0.717, 1.165) is 18.7 Å². The molecule has 1 saturated carbocycles. The Morgan fingerprint density at radius 2 is 1.85 bits per heavy atom. The van der Waals surface area contributed by atoms with E-state index in [1.54, 1.807) is 18.2 Å². The van der Waals surface area contributed by atoms with Gasteiger partial charge in [0.15, 0.2) is 0 Å². The number of piperidine rings is 1. The molecule has 0 spiro atoms. The second kappa shape index (κ2) is 5.55. The van der Waals surface area contributed by atoms with E-state index in [1.165, 1.54) is 12.8 Å². The molecule has 1 N–H and O–H groups in total. The smallest absolute Gasteiger partial charge is 0.307 e. The SMILES string of the molecule is O=C(O)C1CCN(C2CC2)CC1c1c(Cl)cccc1Cl. The second-order valence-electron chi connectivity index (χ2n) is 5.70. The van der Waals surface area contributed by atoms with Gasteiger partial charge in [0.25, 0.3) is 0 Å². The van der Waals surface area contributed by atoms with E-state index in [0.29, 0.717) is 22.5 Å². The zero-order chi connectivity index (χ0) is 14.3. The zero-order valence-electron chi connectivity index (χ0n) is 11.1. The molecule has 5 heteroatoms. The average molecular weight is 314 g/mol. The summed E-state index contributed by atoms with van der Waals surface area (Å²) >= 11 is 12.6. The number of hydrogen-bond donors (Lipinski definition) is 1. The van der Waals surface area contributed by atoms with E-state index in [-0.39, 0.29) is 5.92 Å². The Morgan fingerprint density at radius 1 is 1.20 bits per heavy atom. The summed E-state index contributed by atoms with van der Waals surface area (Å²) in [5, 5.41) is 10.6. The van der Waals surface area contributed by atoms with Gasteiger partial charge in [0.2, 0.25) is 0 Å². The van der Waals surface area contributed by atoms with E-state index in [4.69, 9.17) is 23.2 Å². The maximum Gasteiger partial charge on any atom is 0.307 e. The molecule has 3 nitrogen and oxygen atoms in total. The third-order valence-electron chi connectivity index (χ3n) is 4.40. The summed E-state index contributed by atoms with van der Waals surface area (Å²) in [5.74, 6) is -1.27. The molecule has 1 heterocycles. The number of carboxylic acid groups (broad SMARTS) is 1. The number of nitrogens with zero attached hydrogens (tertiary/aromatic N) is 1. The fraction of sp³-hybridized carbons (Fsp3) is 0.533. The Labute approximate surface area is 128 Å². The van der Waals surface area contributed by atoms with E-state index in [9.17, 15) is 9.90 Å². The molecule has 0 radical (unpaired) electrons. The average Bonchev–Trinajstić information content (AvgIpc) is 3.22. The molecule has 0 aromatic heterocycles. The molecular weight excluding hydrogens is 297 g/mol. The molecule has 1 aliphatic carbocycles. The molecule has 0 bridgehead atoms. The largest absolute Gasteiger partial charge is 0.481 e. The van der Waals surface area contributed by atoms with Crippen LogP contribution >= 0.6 is 23.2 Å². The van der Waals surface area contributed by atoms with Gasteiger partial charge < -0.3 is 5.11 Å². The first-order valence-corrected chi connectivity index (χ1v) is 7.74. The van der Waals surface area contributed by atoms with Crippen molar-refractivity contribution in [2.75, 3.05) is 13.1 Å². The van der Waals surface area contributed by atoms with E-state index < -0.39 is 11.9 Å². The van der Waals surface area contributed by atoms with Crippen LogP contribution in [-0.4, -0.2) is 35.1 Å². The van der Waals surface area contributed by atoms with Gasteiger partial charge in [0, 0.05) is 28.5 Å². The Morgan fingerprint density at radius 3 is 2.40 bits per heavy atom. The number of carbonyl (C=O) groups is 1. The van der Waals surface area contributed by atoms with Crippen LogP contribution in [0.1, 0.15) is 30.7 Å². The number of rotatable bonds is 3. The maximum absolute atomic E-state index is 11.5. The van der Waals surface area contributed by atoms with Crippen LogP contribution < -0.4 is 0 Å². The van der Waals surface area contributed by atoms with Gasteiger partial charge in [-0.25, -0.2) is 0 Å². The summed E-state index contributed by atoms with van der Waals surface area (Å²) in [6, 6.07) is 6.01. The number of hydrogen-bond acceptors (Lipinski definition) is 2. The molecule has 20 heavy (non-hydrogen) atoms. The summed E-state index contributed by atoms with van der Waals surface area (Å²) in [7, 11) is 0. The minimum absolute atomic E-state index is 0.122. The van der Waals surface area contributed by atoms with Crippen LogP contribution in [0, 0.1) is 5.92 Å². The van der Waals surface area contributed by atoms with Gasteiger partial charge in [0.05, 0.1) is 5.92 Å². The summed E-state index contributed by atoms with van der Waals surface area (Å²) in [6.07, 6.45) is 3.11. The molecule has 0 amide bonds. The number of aliphatic carboxylic acids is 1. The number of halogens is 2. The third-order valence-corrected chi connectivity index (χ3v) is 5.05. The van der Waals surface area contributed by atoms with Gasteiger partial charge in [0.1, 0.15) is 0 Å². The minimum atomic E-state index is -0.749. The highest BCUT2D eigenvalue weighted by Crippen LogP contribution is 2.42. The van der Waals surface area contributed by atoms with Crippen LogP contribution in [0.15, 0.2) is 18.2 Å². The molecule has 2 aliphatic rings. The lowest BCUT2D eigenvalue weighted by Gasteiger charge is -2.37. The first kappa shape index (κ1) is 14.2. The monoisotopic (exact) mass is 313 g/mol. The van der Waals surface area contributed by atoms with Crippen molar-refractivity contribution in [1.29, 1.82) is 0 Å². The van der Waals surface area contributed by atoms with Gasteiger partial charge in [-0.3, -0.25) is 9.69 Å². The fourth-order valence-corrected chi connectivity index (χ4v) is 3.88. The highest BCUT2D eigenvalue weighted by Gasteiger charge is 2.41. The molecule has 3 rings (SSSR count). The highest BCUT2D eigenvalue weighted by molar-refractivity contribution is 6.36. The summed E-state index contributed by atoms with van der Waals surface area (Å²) in [5.41, 5.74) is 0.800. The van der Waals surface area contributed by atoms with Gasteiger partial charge in [-0.15, -0.1) is 0 Å². The van der Waals surface area contributed by atoms with Crippen LogP contribution in [-0.2, 0) is 4.79 Å². The Balaban J connectivity index is 1.94. The molecule has 1 aromatic carbocycles. The molecule has 2 atom stereocenters. The molecule has 108 valence electrons. The van der Waals surface area contributed by atoms with Crippen molar-refractivity contribution >= 4 is 29.2 Å². The van der Waals surface area contributed by atoms with Crippen molar-refractivity contribution in [2.45, 2.75) is 31.2 Å². The van der Waals surface area contributed by atoms with Crippen molar-refractivity contribution < 1.29 is 9.90 Å². The van der Waals surface area contributed by atoms with Crippen molar-refractivity contribution in [3.8, 4) is 0 Å². The molecule has 2 unspecified atom stereocenters. The number of carboxylic acids is 1. The van der Waals surface area contributed by atoms with Gasteiger partial charge in [-0.05, 0) is 43.5 Å². The van der Waals surface area contributed by atoms with Crippen LogP contribution in [0.3, 0.4) is 0 Å². The van der Waals surface area contributed by atoms with Crippen LogP contribution in [0.25, 0.3) is 0 Å². The lowest BCUT2D eigenvalue weighted by atomic mass is 9.80. The normalized spacial score (nSPS) is 27.5. The van der Waals surface area contributed by atoms with E-state index >= 15 is 0 Å². The van der Waals surface area contributed by atoms with Crippen molar-refractivity contribution in [3.05, 3.63) is 33.8 Å². The third kappa shape index (κ3) is 2.67. The van der Waals surface area contributed by atoms with E-state index in [2.05, 4.69) is 4.90 Å². The van der Waals surface area contributed by atoms with Crippen molar-refractivity contribution in [1.82, 2.24) is 4.90 Å². The Hall–Kier alpha value is -0.770. The minimum Gasteiger partial charge on any atom is -0.481 e. The van der Waals surface area contributed by atoms with Crippen LogP contribution in [0.2, 0.25) is 10.0 Å². The first-order chi connectivity index (χ1) is 9.58. The predicted molar refractivity (Wildman–Crippen MR) is 79.5 cm³/mol. The second-order valence-corrected chi connectivity index (χ2v) is 6.52. The number of benzene rings is 1. The summed E-state index contributed by atoms with van der Waals surface area (Å²) in [4.78, 5) is 13.9. The zero-order valence-corrected chi connectivity index (χ0v) is 12.6. The highest BCUT2D eigenvalue weighted by atomic mass is 35.5. The molecule has 1 saturated heterocycles. The lowest BCUT2D eigenvalue weighted by molar-refractivity contribution is -0.144. The maximum atomic E-state index is 11.5. The molecule has 2 fully saturated rings. The quantitative estimate of drug-likeness (QED) is 0.926. The van der Waals surface area contributed by atoms with Gasteiger partial charge >= 0.3 is 5.97 Å². The van der Waals surface area contributed by atoms with Crippen LogP contribution in [0.4, 0.5) is 0 Å². The lowest BCUT2D eigenvalue weighted by Crippen LogP contribution is -2.43. The molecular formula is C15H17Cl2NO2. The van der Waals surface area contributed by atoms with Gasteiger partial charge in [-0.1, -0.05) is 29.3 Å². The van der Waals surface area contributed by atoms with Crippen molar-refractivity contribution in [3.63, 3.8) is 0 Å². The summed E-state index contributed by atoms with van der Waals surface area (Å²) < 4.78 is 0. The van der Waals surface area contributed by atoms with Gasteiger partial charge in [-0.2, -0.15) is 0 Å². The molecule has 1 aliphatic heterocycles. The summed E-state index contributed by atoms with van der Waals surface area (Å²) in [6.45, 7) is 1.60. The predicted octanol–water partition coefficient (Wildman–Crippen LogP) is 3.65. The standard InChI is InChI=1S/C15H17Cl2NO2/c16-12-2-1-3-13(17)14(12)11-8-18(9-4-5-9)7-6-10(11)15(19)20/h1-3,9-11H,4-8H2,(H,19,20). The number of likely N-dealkylation sites (tertiary alicyclic amines) is 1. The first-order valence-electron chi connectivity index (χ1n) is 6.98. The van der Waals surface area contributed by atoms with Crippen molar-refractivity contribution in [2.24, 2.45) is 5.92 Å². The fourth-order valence-electron chi connectivity index (χ4n) is 3.20. The Bertz CT molecular complexity index is 510. The van der Waals surface area contributed by atoms with Crippen LogP contribution in [0.5, 0.6) is 0 Å².